The molecule has 0 aromatic carbocycles. The first-order valence-electron chi connectivity index (χ1n) is 5.04. The van der Waals surface area contributed by atoms with Crippen molar-refractivity contribution in [3.05, 3.63) is 0 Å². The SMILES string of the molecule is COCCNCCOCCC(C)C. The fourth-order valence-corrected chi connectivity index (χ4v) is 0.865. The van der Waals surface area contributed by atoms with Crippen LogP contribution in [0.3, 0.4) is 0 Å². The molecular weight excluding hydrogens is 166 g/mol. The average molecular weight is 189 g/mol. The number of methoxy groups -OCH3 is 1. The van der Waals surface area contributed by atoms with E-state index < -0.39 is 0 Å². The molecule has 0 amide bonds. The van der Waals surface area contributed by atoms with Gasteiger partial charge in [0.15, 0.2) is 0 Å². The van der Waals surface area contributed by atoms with E-state index in [-0.39, 0.29) is 0 Å². The van der Waals surface area contributed by atoms with Gasteiger partial charge in [-0.3, -0.25) is 0 Å². The third-order valence-corrected chi connectivity index (χ3v) is 1.75. The quantitative estimate of drug-likeness (QED) is 0.554. The summed E-state index contributed by atoms with van der Waals surface area (Å²) in [5.74, 6) is 0.737. The number of rotatable bonds is 9. The summed E-state index contributed by atoms with van der Waals surface area (Å²) >= 11 is 0. The Morgan fingerprint density at radius 1 is 1.08 bits per heavy atom. The molecule has 0 unspecified atom stereocenters. The summed E-state index contributed by atoms with van der Waals surface area (Å²) in [5.41, 5.74) is 0. The van der Waals surface area contributed by atoms with E-state index in [9.17, 15) is 0 Å². The van der Waals surface area contributed by atoms with Gasteiger partial charge in [0, 0.05) is 26.8 Å². The molecule has 0 aromatic rings. The van der Waals surface area contributed by atoms with Crippen LogP contribution < -0.4 is 5.32 Å². The lowest BCUT2D eigenvalue weighted by molar-refractivity contribution is 0.122. The molecule has 80 valence electrons. The van der Waals surface area contributed by atoms with E-state index in [0.29, 0.717) is 0 Å². The van der Waals surface area contributed by atoms with E-state index in [1.54, 1.807) is 7.11 Å². The first kappa shape index (κ1) is 12.9. The number of hydrogen-bond donors (Lipinski definition) is 1. The summed E-state index contributed by atoms with van der Waals surface area (Å²) in [4.78, 5) is 0. The molecule has 0 radical (unpaired) electrons. The van der Waals surface area contributed by atoms with Crippen LogP contribution in [-0.2, 0) is 9.47 Å². The zero-order valence-corrected chi connectivity index (χ0v) is 9.14. The van der Waals surface area contributed by atoms with Crippen molar-refractivity contribution in [3.8, 4) is 0 Å². The minimum atomic E-state index is 0.737. The second-order valence-electron chi connectivity index (χ2n) is 3.54. The minimum absolute atomic E-state index is 0.737. The van der Waals surface area contributed by atoms with Crippen molar-refractivity contribution < 1.29 is 9.47 Å². The van der Waals surface area contributed by atoms with Crippen molar-refractivity contribution >= 4 is 0 Å². The maximum Gasteiger partial charge on any atom is 0.0590 e. The van der Waals surface area contributed by atoms with Gasteiger partial charge in [-0.2, -0.15) is 0 Å². The second-order valence-corrected chi connectivity index (χ2v) is 3.54. The highest BCUT2D eigenvalue weighted by molar-refractivity contribution is 4.46. The molecule has 0 spiro atoms. The van der Waals surface area contributed by atoms with Gasteiger partial charge in [0.1, 0.15) is 0 Å². The molecule has 0 saturated heterocycles. The smallest absolute Gasteiger partial charge is 0.0590 e. The Morgan fingerprint density at radius 3 is 2.38 bits per heavy atom. The van der Waals surface area contributed by atoms with Crippen LogP contribution >= 0.6 is 0 Å². The Balaban J connectivity index is 2.84. The third kappa shape index (κ3) is 11.9. The molecule has 0 rings (SSSR count). The Morgan fingerprint density at radius 2 is 1.77 bits per heavy atom. The van der Waals surface area contributed by atoms with Crippen LogP contribution in [0, 0.1) is 5.92 Å². The summed E-state index contributed by atoms with van der Waals surface area (Å²) in [6, 6.07) is 0. The molecular formula is C10H23NO2. The summed E-state index contributed by atoms with van der Waals surface area (Å²) in [5, 5.41) is 3.22. The fraction of sp³-hybridized carbons (Fsp3) is 1.00. The zero-order chi connectivity index (χ0) is 9.94. The number of hydrogen-bond acceptors (Lipinski definition) is 3. The Bertz CT molecular complexity index is 96.9. The molecule has 0 bridgehead atoms. The van der Waals surface area contributed by atoms with Crippen molar-refractivity contribution in [2.75, 3.05) is 40.0 Å². The van der Waals surface area contributed by atoms with E-state index in [0.717, 1.165) is 45.2 Å². The molecule has 0 aliphatic rings. The summed E-state index contributed by atoms with van der Waals surface area (Å²) in [7, 11) is 1.71. The standard InChI is InChI=1S/C10H23NO2/c1-10(2)4-7-13-9-6-11-5-8-12-3/h10-11H,4-9H2,1-3H3. The van der Waals surface area contributed by atoms with Gasteiger partial charge in [-0.1, -0.05) is 13.8 Å². The monoisotopic (exact) mass is 189 g/mol. The largest absolute Gasteiger partial charge is 0.383 e. The van der Waals surface area contributed by atoms with Crippen molar-refractivity contribution in [1.82, 2.24) is 5.32 Å². The molecule has 1 N–H and O–H groups in total. The highest BCUT2D eigenvalue weighted by Gasteiger charge is 1.93. The van der Waals surface area contributed by atoms with Gasteiger partial charge in [0.05, 0.1) is 13.2 Å². The summed E-state index contributed by atoms with van der Waals surface area (Å²) < 4.78 is 10.3. The highest BCUT2D eigenvalue weighted by atomic mass is 16.5. The third-order valence-electron chi connectivity index (χ3n) is 1.75. The Labute approximate surface area is 81.8 Å². The summed E-state index contributed by atoms with van der Waals surface area (Å²) in [6.45, 7) is 8.69. The second kappa shape index (κ2) is 9.96. The van der Waals surface area contributed by atoms with Gasteiger partial charge >= 0.3 is 0 Å². The first-order valence-corrected chi connectivity index (χ1v) is 5.04. The van der Waals surface area contributed by atoms with Crippen LogP contribution in [0.15, 0.2) is 0 Å². The van der Waals surface area contributed by atoms with E-state index in [1.165, 1.54) is 0 Å². The predicted molar refractivity (Wildman–Crippen MR) is 55.0 cm³/mol. The number of ether oxygens (including phenoxy) is 2. The molecule has 0 saturated carbocycles. The molecule has 3 nitrogen and oxygen atoms in total. The van der Waals surface area contributed by atoms with E-state index in [2.05, 4.69) is 19.2 Å². The number of nitrogens with one attached hydrogen (secondary N) is 1. The lowest BCUT2D eigenvalue weighted by Gasteiger charge is -2.07. The van der Waals surface area contributed by atoms with E-state index >= 15 is 0 Å². The maximum absolute atomic E-state index is 5.42. The Kier molecular flexibility index (Phi) is 9.87. The average Bonchev–Trinajstić information content (AvgIpc) is 2.09. The van der Waals surface area contributed by atoms with Gasteiger partial charge in [-0.05, 0) is 12.3 Å². The topological polar surface area (TPSA) is 30.5 Å². The molecule has 3 heteroatoms. The molecule has 0 heterocycles. The lowest BCUT2D eigenvalue weighted by Crippen LogP contribution is -2.23. The molecule has 13 heavy (non-hydrogen) atoms. The highest BCUT2D eigenvalue weighted by Crippen LogP contribution is 1.97. The van der Waals surface area contributed by atoms with Crippen LogP contribution in [0.1, 0.15) is 20.3 Å². The molecule has 0 atom stereocenters. The first-order chi connectivity index (χ1) is 6.27. The normalized spacial score (nSPS) is 11.1. The van der Waals surface area contributed by atoms with Gasteiger partial charge in [-0.15, -0.1) is 0 Å². The van der Waals surface area contributed by atoms with Gasteiger partial charge in [0.25, 0.3) is 0 Å². The van der Waals surface area contributed by atoms with E-state index in [1.807, 2.05) is 0 Å². The maximum atomic E-state index is 5.42. The van der Waals surface area contributed by atoms with Crippen molar-refractivity contribution in [1.29, 1.82) is 0 Å². The molecule has 0 aliphatic heterocycles. The van der Waals surface area contributed by atoms with Gasteiger partial charge in [0.2, 0.25) is 0 Å². The Hall–Kier alpha value is -0.120. The van der Waals surface area contributed by atoms with Crippen LogP contribution in [0.2, 0.25) is 0 Å². The van der Waals surface area contributed by atoms with Crippen LogP contribution in [0.4, 0.5) is 0 Å². The van der Waals surface area contributed by atoms with Gasteiger partial charge < -0.3 is 14.8 Å². The molecule has 0 aromatic heterocycles. The fourth-order valence-electron chi connectivity index (χ4n) is 0.865. The van der Waals surface area contributed by atoms with E-state index in [4.69, 9.17) is 9.47 Å². The van der Waals surface area contributed by atoms with Crippen LogP contribution in [-0.4, -0.2) is 40.0 Å². The predicted octanol–water partition coefficient (Wildman–Crippen LogP) is 1.29. The van der Waals surface area contributed by atoms with Crippen molar-refractivity contribution in [2.24, 2.45) is 5.92 Å². The minimum Gasteiger partial charge on any atom is -0.383 e. The van der Waals surface area contributed by atoms with Crippen molar-refractivity contribution in [2.45, 2.75) is 20.3 Å². The van der Waals surface area contributed by atoms with Gasteiger partial charge in [-0.25, -0.2) is 0 Å². The summed E-state index contributed by atoms with van der Waals surface area (Å²) in [6.07, 6.45) is 1.15. The molecule has 0 fully saturated rings. The van der Waals surface area contributed by atoms with Crippen molar-refractivity contribution in [3.63, 3.8) is 0 Å². The lowest BCUT2D eigenvalue weighted by atomic mass is 10.1. The van der Waals surface area contributed by atoms with Crippen LogP contribution in [0.25, 0.3) is 0 Å². The zero-order valence-electron chi connectivity index (χ0n) is 9.14. The molecule has 0 aliphatic carbocycles. The van der Waals surface area contributed by atoms with Crippen LogP contribution in [0.5, 0.6) is 0 Å².